The lowest BCUT2D eigenvalue weighted by molar-refractivity contribution is -0.122. The zero-order chi connectivity index (χ0) is 24.2. The van der Waals surface area contributed by atoms with E-state index in [-0.39, 0.29) is 11.8 Å². The first-order valence-corrected chi connectivity index (χ1v) is 11.1. The monoisotopic (exact) mass is 448 g/mol. The van der Waals surface area contributed by atoms with E-state index in [4.69, 9.17) is 9.47 Å². The predicted octanol–water partition coefficient (Wildman–Crippen LogP) is 5.83. The van der Waals surface area contributed by atoms with Crippen molar-refractivity contribution in [1.82, 2.24) is 0 Å². The lowest BCUT2D eigenvalue weighted by Crippen LogP contribution is -2.31. The fraction of sp³-hybridized carbons (Fsp3) is 0.259. The van der Waals surface area contributed by atoms with Gasteiger partial charge in [0, 0.05) is 16.9 Å². The average Bonchev–Trinajstić information content (AvgIpc) is 2.84. The predicted molar refractivity (Wildman–Crippen MR) is 133 cm³/mol. The average molecular weight is 449 g/mol. The van der Waals surface area contributed by atoms with Crippen molar-refractivity contribution in [2.75, 3.05) is 10.6 Å². The number of hydrogen-bond donors (Lipinski definition) is 2. The molecule has 33 heavy (non-hydrogen) atoms. The number of anilines is 2. The summed E-state index contributed by atoms with van der Waals surface area (Å²) in [6.07, 6.45) is -1.43. The SMILES string of the molecule is CC.Cc1c(OC(C)C(=O)Nc2ccccc2)cccc1O[C@H](C)C(=O)Nc1ccccc1. The quantitative estimate of drug-likeness (QED) is 0.454. The Morgan fingerprint density at radius 2 is 1.00 bits per heavy atom. The number of para-hydroxylation sites is 2. The molecule has 2 N–H and O–H groups in total. The largest absolute Gasteiger partial charge is 0.480 e. The van der Waals surface area contributed by atoms with Crippen LogP contribution in [0.1, 0.15) is 33.3 Å². The summed E-state index contributed by atoms with van der Waals surface area (Å²) < 4.78 is 11.7. The lowest BCUT2D eigenvalue weighted by Gasteiger charge is -2.20. The second-order valence-corrected chi connectivity index (χ2v) is 7.11. The van der Waals surface area contributed by atoms with Crippen molar-refractivity contribution in [1.29, 1.82) is 0 Å². The van der Waals surface area contributed by atoms with Gasteiger partial charge in [0.1, 0.15) is 11.5 Å². The van der Waals surface area contributed by atoms with E-state index in [9.17, 15) is 9.59 Å². The Hall–Kier alpha value is -3.80. The van der Waals surface area contributed by atoms with Crippen LogP contribution in [0.4, 0.5) is 11.4 Å². The zero-order valence-corrected chi connectivity index (χ0v) is 19.8. The molecule has 0 bridgehead atoms. The van der Waals surface area contributed by atoms with Gasteiger partial charge in [-0.25, -0.2) is 0 Å². The summed E-state index contributed by atoms with van der Waals surface area (Å²) in [6, 6.07) is 23.7. The molecule has 3 rings (SSSR count). The van der Waals surface area contributed by atoms with Crippen LogP contribution in [0.5, 0.6) is 11.5 Å². The van der Waals surface area contributed by atoms with Gasteiger partial charge >= 0.3 is 0 Å². The fourth-order valence-electron chi connectivity index (χ4n) is 2.87. The maximum absolute atomic E-state index is 12.4. The molecule has 0 heterocycles. The van der Waals surface area contributed by atoms with Crippen LogP contribution < -0.4 is 20.1 Å². The Morgan fingerprint density at radius 1 is 0.636 bits per heavy atom. The van der Waals surface area contributed by atoms with Gasteiger partial charge in [0.05, 0.1) is 0 Å². The molecule has 3 aromatic carbocycles. The Kier molecular flexibility index (Phi) is 9.96. The molecular formula is C27H32N2O4. The Morgan fingerprint density at radius 3 is 1.36 bits per heavy atom. The topological polar surface area (TPSA) is 76.7 Å². The molecule has 0 aliphatic heterocycles. The van der Waals surface area contributed by atoms with E-state index in [1.165, 1.54) is 0 Å². The van der Waals surface area contributed by atoms with Crippen LogP contribution in [0.2, 0.25) is 0 Å². The van der Waals surface area contributed by atoms with Crippen molar-refractivity contribution in [2.24, 2.45) is 0 Å². The van der Waals surface area contributed by atoms with Crippen molar-refractivity contribution in [2.45, 2.75) is 46.8 Å². The highest BCUT2D eigenvalue weighted by Crippen LogP contribution is 2.29. The van der Waals surface area contributed by atoms with Crippen LogP contribution in [0.3, 0.4) is 0 Å². The first-order valence-electron chi connectivity index (χ1n) is 11.1. The van der Waals surface area contributed by atoms with E-state index in [1.54, 1.807) is 32.0 Å². The number of hydrogen-bond acceptors (Lipinski definition) is 4. The first kappa shape index (κ1) is 25.5. The smallest absolute Gasteiger partial charge is 0.265 e. The Bertz CT molecular complexity index is 943. The van der Waals surface area contributed by atoms with E-state index >= 15 is 0 Å². The zero-order valence-electron chi connectivity index (χ0n) is 19.8. The standard InChI is InChI=1S/C25H26N2O4.C2H6/c1-17-22(30-18(2)24(28)26-20-11-6-4-7-12-20)15-10-16-23(17)31-19(3)25(29)27-21-13-8-5-9-14-21;1-2/h4-16,18-19H,1-3H3,(H,26,28)(H,27,29);1-2H3/t18-,19?;/m1./s1. The third-order valence-corrected chi connectivity index (χ3v) is 4.66. The number of carbonyl (C=O) groups excluding carboxylic acids is 2. The normalized spacial score (nSPS) is 11.8. The number of amides is 2. The molecule has 0 aliphatic carbocycles. The summed E-state index contributed by atoms with van der Waals surface area (Å²) in [4.78, 5) is 24.9. The number of benzene rings is 3. The van der Waals surface area contributed by atoms with Crippen LogP contribution in [0.25, 0.3) is 0 Å². The highest BCUT2D eigenvalue weighted by molar-refractivity contribution is 5.94. The fourth-order valence-corrected chi connectivity index (χ4v) is 2.87. The van der Waals surface area contributed by atoms with Crippen molar-refractivity contribution >= 4 is 23.2 Å². The molecule has 174 valence electrons. The summed E-state index contributed by atoms with van der Waals surface area (Å²) in [5.41, 5.74) is 2.12. The van der Waals surface area contributed by atoms with Crippen LogP contribution in [-0.4, -0.2) is 24.0 Å². The molecule has 1 unspecified atom stereocenters. The van der Waals surface area contributed by atoms with Gasteiger partial charge in [-0.1, -0.05) is 56.3 Å². The second kappa shape index (κ2) is 12.9. The Labute approximate surface area is 195 Å². The van der Waals surface area contributed by atoms with Gasteiger partial charge in [0.25, 0.3) is 11.8 Å². The minimum atomic E-state index is -0.715. The molecule has 2 atom stereocenters. The summed E-state index contributed by atoms with van der Waals surface area (Å²) in [5, 5.41) is 5.64. The molecule has 0 radical (unpaired) electrons. The van der Waals surface area contributed by atoms with Gasteiger partial charge in [-0.15, -0.1) is 0 Å². The number of carbonyl (C=O) groups is 2. The van der Waals surface area contributed by atoms with E-state index < -0.39 is 12.2 Å². The molecule has 0 aromatic heterocycles. The van der Waals surface area contributed by atoms with Crippen molar-refractivity contribution in [3.63, 3.8) is 0 Å². The third kappa shape index (κ3) is 7.68. The van der Waals surface area contributed by atoms with Gasteiger partial charge in [-0.05, 0) is 57.2 Å². The molecule has 2 amide bonds. The molecule has 3 aromatic rings. The van der Waals surface area contributed by atoms with E-state index in [2.05, 4.69) is 10.6 Å². The highest BCUT2D eigenvalue weighted by atomic mass is 16.5. The number of nitrogens with one attached hydrogen (secondary N) is 2. The maximum atomic E-state index is 12.4. The van der Waals surface area contributed by atoms with E-state index in [0.29, 0.717) is 28.4 Å². The van der Waals surface area contributed by atoms with Crippen molar-refractivity contribution in [3.05, 3.63) is 84.4 Å². The molecule has 6 heteroatoms. The van der Waals surface area contributed by atoms with Crippen molar-refractivity contribution in [3.8, 4) is 11.5 Å². The third-order valence-electron chi connectivity index (χ3n) is 4.66. The van der Waals surface area contributed by atoms with Crippen molar-refractivity contribution < 1.29 is 19.1 Å². The van der Waals surface area contributed by atoms with Crippen LogP contribution in [0, 0.1) is 6.92 Å². The highest BCUT2D eigenvalue weighted by Gasteiger charge is 2.20. The van der Waals surface area contributed by atoms with Gasteiger partial charge in [0.2, 0.25) is 0 Å². The van der Waals surface area contributed by atoms with E-state index in [0.717, 1.165) is 0 Å². The van der Waals surface area contributed by atoms with E-state index in [1.807, 2.05) is 81.4 Å². The van der Waals surface area contributed by atoms with Gasteiger partial charge in [-0.2, -0.15) is 0 Å². The molecule has 0 saturated heterocycles. The second-order valence-electron chi connectivity index (χ2n) is 7.11. The summed E-state index contributed by atoms with van der Waals surface area (Å²) in [7, 11) is 0. The van der Waals surface area contributed by atoms with Gasteiger partial charge in [-0.3, -0.25) is 9.59 Å². The summed E-state index contributed by atoms with van der Waals surface area (Å²) >= 11 is 0. The minimum absolute atomic E-state index is 0.257. The molecule has 0 spiro atoms. The molecular weight excluding hydrogens is 416 g/mol. The first-order chi connectivity index (χ1) is 15.9. The number of ether oxygens (including phenoxy) is 2. The van der Waals surface area contributed by atoms with Crippen LogP contribution in [-0.2, 0) is 9.59 Å². The summed E-state index contributed by atoms with van der Waals surface area (Å²) in [6.45, 7) is 9.19. The molecule has 0 aliphatic rings. The van der Waals surface area contributed by atoms with Crippen LogP contribution in [0.15, 0.2) is 78.9 Å². The molecule has 0 saturated carbocycles. The maximum Gasteiger partial charge on any atom is 0.265 e. The molecule has 6 nitrogen and oxygen atoms in total. The molecule has 0 fully saturated rings. The van der Waals surface area contributed by atoms with Crippen LogP contribution >= 0.6 is 0 Å². The van der Waals surface area contributed by atoms with Gasteiger partial charge < -0.3 is 20.1 Å². The number of rotatable bonds is 8. The Balaban J connectivity index is 0.00000187. The summed E-state index contributed by atoms with van der Waals surface area (Å²) in [5.74, 6) is 0.521. The lowest BCUT2D eigenvalue weighted by atomic mass is 10.2. The minimum Gasteiger partial charge on any atom is -0.480 e. The van der Waals surface area contributed by atoms with Gasteiger partial charge in [0.15, 0.2) is 12.2 Å².